The van der Waals surface area contributed by atoms with Crippen molar-refractivity contribution in [2.75, 3.05) is 18.0 Å². The van der Waals surface area contributed by atoms with Crippen LogP contribution in [0.4, 0.5) is 14.5 Å². The summed E-state index contributed by atoms with van der Waals surface area (Å²) in [6.07, 6.45) is 2.90. The van der Waals surface area contributed by atoms with Gasteiger partial charge in [0, 0.05) is 18.4 Å². The molecule has 1 aromatic carbocycles. The van der Waals surface area contributed by atoms with Gasteiger partial charge in [-0.15, -0.1) is 0 Å². The topological polar surface area (TPSA) is 59.2 Å². The SMILES string of the molecule is NCCCN(C(=O)c1cncc(F)c1)c1ccc(F)cc1. The normalized spacial score (nSPS) is 10.4. The molecule has 2 rings (SSSR count). The molecule has 0 bridgehead atoms. The third kappa shape index (κ3) is 3.82. The number of carbonyl (C=O) groups excluding carboxylic acids is 1. The molecule has 0 aliphatic heterocycles. The van der Waals surface area contributed by atoms with E-state index in [-0.39, 0.29) is 5.56 Å². The van der Waals surface area contributed by atoms with Crippen LogP contribution in [0.5, 0.6) is 0 Å². The Bertz CT molecular complexity index is 617. The molecule has 0 spiro atoms. The van der Waals surface area contributed by atoms with E-state index >= 15 is 0 Å². The number of carbonyl (C=O) groups is 1. The Morgan fingerprint density at radius 3 is 2.48 bits per heavy atom. The molecule has 0 saturated heterocycles. The van der Waals surface area contributed by atoms with Crippen LogP contribution in [-0.2, 0) is 0 Å². The van der Waals surface area contributed by atoms with E-state index in [9.17, 15) is 13.6 Å². The number of hydrogen-bond acceptors (Lipinski definition) is 3. The lowest BCUT2D eigenvalue weighted by molar-refractivity contribution is 0.0986. The summed E-state index contributed by atoms with van der Waals surface area (Å²) in [6.45, 7) is 0.768. The van der Waals surface area contributed by atoms with Gasteiger partial charge in [0.05, 0.1) is 11.8 Å². The summed E-state index contributed by atoms with van der Waals surface area (Å²) in [5, 5.41) is 0. The zero-order valence-corrected chi connectivity index (χ0v) is 11.3. The molecule has 1 amide bonds. The summed E-state index contributed by atoms with van der Waals surface area (Å²) in [6, 6.07) is 6.64. The molecule has 0 atom stereocenters. The van der Waals surface area contributed by atoms with Crippen molar-refractivity contribution in [2.45, 2.75) is 6.42 Å². The van der Waals surface area contributed by atoms with E-state index in [4.69, 9.17) is 5.73 Å². The monoisotopic (exact) mass is 291 g/mol. The predicted molar refractivity (Wildman–Crippen MR) is 75.9 cm³/mol. The first-order valence-electron chi connectivity index (χ1n) is 6.50. The zero-order valence-electron chi connectivity index (χ0n) is 11.3. The van der Waals surface area contributed by atoms with Crippen LogP contribution in [-0.4, -0.2) is 24.0 Å². The summed E-state index contributed by atoms with van der Waals surface area (Å²) in [4.78, 5) is 17.6. The Morgan fingerprint density at radius 1 is 1.14 bits per heavy atom. The molecule has 0 saturated carbocycles. The molecule has 2 N–H and O–H groups in total. The minimum atomic E-state index is -0.585. The molecule has 1 heterocycles. The molecule has 1 aromatic heterocycles. The molecule has 0 aliphatic rings. The molecule has 0 unspecified atom stereocenters. The minimum absolute atomic E-state index is 0.136. The summed E-state index contributed by atoms with van der Waals surface area (Å²) in [5.74, 6) is -1.38. The third-order valence-electron chi connectivity index (χ3n) is 2.92. The van der Waals surface area contributed by atoms with Gasteiger partial charge in [0.25, 0.3) is 5.91 Å². The highest BCUT2D eigenvalue weighted by Crippen LogP contribution is 2.18. The predicted octanol–water partition coefficient (Wildman–Crippen LogP) is 2.36. The number of halogens is 2. The Balaban J connectivity index is 2.31. The lowest BCUT2D eigenvalue weighted by Crippen LogP contribution is -2.33. The highest BCUT2D eigenvalue weighted by atomic mass is 19.1. The number of pyridine rings is 1. The second-order valence-corrected chi connectivity index (χ2v) is 4.47. The second-order valence-electron chi connectivity index (χ2n) is 4.47. The van der Waals surface area contributed by atoms with E-state index in [1.165, 1.54) is 35.4 Å². The maximum atomic E-state index is 13.2. The van der Waals surface area contributed by atoms with E-state index in [2.05, 4.69) is 4.98 Å². The Labute approximate surface area is 121 Å². The molecule has 0 aliphatic carbocycles. The van der Waals surface area contributed by atoms with E-state index in [0.717, 1.165) is 12.3 Å². The van der Waals surface area contributed by atoms with Gasteiger partial charge in [0.2, 0.25) is 0 Å². The number of anilines is 1. The van der Waals surface area contributed by atoms with Crippen LogP contribution in [0.25, 0.3) is 0 Å². The van der Waals surface area contributed by atoms with Crippen molar-refractivity contribution >= 4 is 11.6 Å². The molecule has 4 nitrogen and oxygen atoms in total. The van der Waals surface area contributed by atoms with Gasteiger partial charge in [-0.1, -0.05) is 0 Å². The van der Waals surface area contributed by atoms with Crippen LogP contribution < -0.4 is 10.6 Å². The fourth-order valence-electron chi connectivity index (χ4n) is 1.90. The maximum absolute atomic E-state index is 13.2. The summed E-state index contributed by atoms with van der Waals surface area (Å²) in [5.41, 5.74) is 6.13. The van der Waals surface area contributed by atoms with Crippen molar-refractivity contribution < 1.29 is 13.6 Å². The molecule has 0 fully saturated rings. The standard InChI is InChI=1S/C15H15F2N3O/c16-12-2-4-14(5-3-12)20(7-1-6-18)15(21)11-8-13(17)10-19-9-11/h2-5,8-10H,1,6-7,18H2. The second kappa shape index (κ2) is 6.90. The summed E-state index contributed by atoms with van der Waals surface area (Å²) in [7, 11) is 0. The van der Waals surface area contributed by atoms with Gasteiger partial charge in [-0.2, -0.15) is 0 Å². The van der Waals surface area contributed by atoms with Crippen LogP contribution in [0.2, 0.25) is 0 Å². The minimum Gasteiger partial charge on any atom is -0.330 e. The van der Waals surface area contributed by atoms with Gasteiger partial charge < -0.3 is 10.6 Å². The number of nitrogens with zero attached hydrogens (tertiary/aromatic N) is 2. The number of amides is 1. The molecule has 2 aromatic rings. The van der Waals surface area contributed by atoms with E-state index < -0.39 is 17.5 Å². The summed E-state index contributed by atoms with van der Waals surface area (Å²) < 4.78 is 26.2. The number of nitrogens with two attached hydrogens (primary N) is 1. The van der Waals surface area contributed by atoms with E-state index in [1.54, 1.807) is 0 Å². The van der Waals surface area contributed by atoms with Crippen molar-refractivity contribution in [3.8, 4) is 0 Å². The number of aromatic nitrogens is 1. The first-order chi connectivity index (χ1) is 10.1. The van der Waals surface area contributed by atoms with Gasteiger partial charge in [0.1, 0.15) is 11.6 Å². The van der Waals surface area contributed by atoms with E-state index in [1.807, 2.05) is 0 Å². The lowest BCUT2D eigenvalue weighted by atomic mass is 10.2. The van der Waals surface area contributed by atoms with Crippen LogP contribution in [0.1, 0.15) is 16.8 Å². The van der Waals surface area contributed by atoms with Crippen molar-refractivity contribution in [3.05, 3.63) is 59.9 Å². The lowest BCUT2D eigenvalue weighted by Gasteiger charge is -2.22. The molecule has 21 heavy (non-hydrogen) atoms. The van der Waals surface area contributed by atoms with Gasteiger partial charge in [-0.25, -0.2) is 8.78 Å². The number of benzene rings is 1. The van der Waals surface area contributed by atoms with Gasteiger partial charge in [-0.3, -0.25) is 9.78 Å². The molecule has 0 radical (unpaired) electrons. The van der Waals surface area contributed by atoms with Gasteiger partial charge >= 0.3 is 0 Å². The van der Waals surface area contributed by atoms with E-state index in [0.29, 0.717) is 25.2 Å². The number of rotatable bonds is 5. The van der Waals surface area contributed by atoms with Crippen LogP contribution in [0.15, 0.2) is 42.7 Å². The fourth-order valence-corrected chi connectivity index (χ4v) is 1.90. The zero-order chi connectivity index (χ0) is 15.2. The van der Waals surface area contributed by atoms with Crippen molar-refractivity contribution in [3.63, 3.8) is 0 Å². The highest BCUT2D eigenvalue weighted by Gasteiger charge is 2.18. The summed E-state index contributed by atoms with van der Waals surface area (Å²) >= 11 is 0. The third-order valence-corrected chi connectivity index (χ3v) is 2.92. The molecule has 110 valence electrons. The fraction of sp³-hybridized carbons (Fsp3) is 0.200. The van der Waals surface area contributed by atoms with Crippen molar-refractivity contribution in [2.24, 2.45) is 5.73 Å². The van der Waals surface area contributed by atoms with Crippen LogP contribution in [0.3, 0.4) is 0 Å². The van der Waals surface area contributed by atoms with Crippen molar-refractivity contribution in [1.29, 1.82) is 0 Å². The van der Waals surface area contributed by atoms with Gasteiger partial charge in [-0.05, 0) is 43.3 Å². The van der Waals surface area contributed by atoms with Crippen LogP contribution >= 0.6 is 0 Å². The Morgan fingerprint density at radius 2 is 1.86 bits per heavy atom. The van der Waals surface area contributed by atoms with Crippen molar-refractivity contribution in [1.82, 2.24) is 4.98 Å². The molecular formula is C15H15F2N3O. The molecular weight excluding hydrogens is 276 g/mol. The highest BCUT2D eigenvalue weighted by molar-refractivity contribution is 6.05. The quantitative estimate of drug-likeness (QED) is 0.920. The smallest absolute Gasteiger partial charge is 0.259 e. The van der Waals surface area contributed by atoms with Crippen LogP contribution in [0, 0.1) is 11.6 Å². The largest absolute Gasteiger partial charge is 0.330 e. The first-order valence-corrected chi connectivity index (χ1v) is 6.50. The Hall–Kier alpha value is -2.34. The average molecular weight is 291 g/mol. The van der Waals surface area contributed by atoms with Gasteiger partial charge in [0.15, 0.2) is 0 Å². The Kier molecular flexibility index (Phi) is 4.94. The first kappa shape index (κ1) is 15.1. The number of hydrogen-bond donors (Lipinski definition) is 1. The average Bonchev–Trinajstić information content (AvgIpc) is 2.49. The maximum Gasteiger partial charge on any atom is 0.259 e. The molecule has 6 heteroatoms.